The first kappa shape index (κ1) is 12.5. The highest BCUT2D eigenvalue weighted by Gasteiger charge is 2.09. The Morgan fingerprint density at radius 2 is 1.93 bits per heavy atom. The van der Waals surface area contributed by atoms with Crippen molar-refractivity contribution in [2.24, 2.45) is 0 Å². The third-order valence-corrected chi connectivity index (χ3v) is 2.95. The van der Waals surface area contributed by atoms with Gasteiger partial charge in [-0.3, -0.25) is 0 Å². The van der Waals surface area contributed by atoms with Gasteiger partial charge in [-0.1, -0.05) is 43.5 Å². The van der Waals surface area contributed by atoms with Crippen LogP contribution in [0.4, 0.5) is 0 Å². The van der Waals surface area contributed by atoms with E-state index in [1.54, 1.807) is 0 Å². The van der Waals surface area contributed by atoms with Gasteiger partial charge >= 0.3 is 0 Å². The minimum Gasteiger partial charge on any atom is -0.319 e. The summed E-state index contributed by atoms with van der Waals surface area (Å²) in [5.41, 5.74) is 1.39. The lowest BCUT2D eigenvalue weighted by molar-refractivity contribution is 0.555. The van der Waals surface area contributed by atoms with E-state index in [2.05, 4.69) is 24.4 Å². The van der Waals surface area contributed by atoms with E-state index < -0.39 is 0 Å². The Labute approximate surface area is 97.8 Å². The quantitative estimate of drug-likeness (QED) is 0.776. The van der Waals surface area contributed by atoms with Crippen molar-refractivity contribution in [3.63, 3.8) is 0 Å². The van der Waals surface area contributed by atoms with Gasteiger partial charge in [-0.05, 0) is 37.1 Å². The maximum atomic E-state index is 5.88. The molecule has 0 aliphatic heterocycles. The minimum atomic E-state index is 0.618. The molecule has 0 spiro atoms. The number of rotatable bonds is 6. The topological polar surface area (TPSA) is 12.0 Å². The molecule has 1 N–H and O–H groups in total. The SMILES string of the molecule is CCCCC(CNC)c1ccc(Cl)cc1. The standard InChI is InChI=1S/C13H20ClN/c1-3-4-5-12(10-15-2)11-6-8-13(14)9-7-11/h6-9,12,15H,3-5,10H2,1-2H3. The first-order valence-electron chi connectivity index (χ1n) is 5.68. The number of halogens is 1. The van der Waals surface area contributed by atoms with Crippen LogP contribution < -0.4 is 5.32 Å². The third kappa shape index (κ3) is 4.23. The maximum Gasteiger partial charge on any atom is 0.0406 e. The average Bonchev–Trinajstić information content (AvgIpc) is 2.25. The van der Waals surface area contributed by atoms with Crippen molar-refractivity contribution in [2.45, 2.75) is 32.1 Å². The molecule has 0 saturated carbocycles. The predicted molar refractivity (Wildman–Crippen MR) is 67.6 cm³/mol. The van der Waals surface area contributed by atoms with Crippen LogP contribution in [0.3, 0.4) is 0 Å². The average molecular weight is 226 g/mol. The van der Waals surface area contributed by atoms with Crippen molar-refractivity contribution in [1.29, 1.82) is 0 Å². The molecule has 1 nitrogen and oxygen atoms in total. The second kappa shape index (κ2) is 6.86. The van der Waals surface area contributed by atoms with Gasteiger partial charge in [-0.15, -0.1) is 0 Å². The van der Waals surface area contributed by atoms with E-state index in [4.69, 9.17) is 11.6 Å². The largest absolute Gasteiger partial charge is 0.319 e. The fourth-order valence-electron chi connectivity index (χ4n) is 1.82. The highest BCUT2D eigenvalue weighted by molar-refractivity contribution is 6.30. The van der Waals surface area contributed by atoms with Gasteiger partial charge in [0.05, 0.1) is 0 Å². The fraction of sp³-hybridized carbons (Fsp3) is 0.538. The summed E-state index contributed by atoms with van der Waals surface area (Å²) in [5.74, 6) is 0.618. The van der Waals surface area contributed by atoms with Crippen molar-refractivity contribution in [1.82, 2.24) is 5.32 Å². The second-order valence-electron chi connectivity index (χ2n) is 3.95. The second-order valence-corrected chi connectivity index (χ2v) is 4.38. The van der Waals surface area contributed by atoms with Crippen LogP contribution in [0.5, 0.6) is 0 Å². The maximum absolute atomic E-state index is 5.88. The normalized spacial score (nSPS) is 12.7. The molecule has 0 aromatic heterocycles. The Bertz CT molecular complexity index is 268. The summed E-state index contributed by atoms with van der Waals surface area (Å²) >= 11 is 5.88. The molecule has 1 aromatic carbocycles. The Kier molecular flexibility index (Phi) is 5.74. The lowest BCUT2D eigenvalue weighted by Gasteiger charge is -2.16. The van der Waals surface area contributed by atoms with E-state index in [0.29, 0.717) is 5.92 Å². The molecule has 2 heteroatoms. The van der Waals surface area contributed by atoms with E-state index in [1.165, 1.54) is 24.8 Å². The molecule has 84 valence electrons. The first-order chi connectivity index (χ1) is 7.27. The molecule has 0 bridgehead atoms. The highest BCUT2D eigenvalue weighted by Crippen LogP contribution is 2.22. The Hall–Kier alpha value is -0.530. The van der Waals surface area contributed by atoms with Crippen LogP contribution in [0, 0.1) is 0 Å². The summed E-state index contributed by atoms with van der Waals surface area (Å²) in [5, 5.41) is 4.07. The number of benzene rings is 1. The van der Waals surface area contributed by atoms with Gasteiger partial charge in [0.15, 0.2) is 0 Å². The van der Waals surface area contributed by atoms with Gasteiger partial charge in [-0.2, -0.15) is 0 Å². The van der Waals surface area contributed by atoms with E-state index in [1.807, 2.05) is 19.2 Å². The molecule has 0 heterocycles. The zero-order valence-electron chi connectivity index (χ0n) is 9.59. The van der Waals surface area contributed by atoms with Crippen molar-refractivity contribution < 1.29 is 0 Å². The van der Waals surface area contributed by atoms with Crippen LogP contribution in [-0.2, 0) is 0 Å². The van der Waals surface area contributed by atoms with Crippen molar-refractivity contribution in [3.8, 4) is 0 Å². The van der Waals surface area contributed by atoms with Crippen LogP contribution in [0.2, 0.25) is 5.02 Å². The molecular formula is C13H20ClN. The molecule has 0 amide bonds. The van der Waals surface area contributed by atoms with Crippen LogP contribution in [-0.4, -0.2) is 13.6 Å². The summed E-state index contributed by atoms with van der Waals surface area (Å²) in [4.78, 5) is 0. The third-order valence-electron chi connectivity index (χ3n) is 2.70. The summed E-state index contributed by atoms with van der Waals surface area (Å²) in [6.45, 7) is 3.28. The first-order valence-corrected chi connectivity index (χ1v) is 6.05. The molecule has 1 rings (SSSR count). The summed E-state index contributed by atoms with van der Waals surface area (Å²) in [7, 11) is 2.01. The van der Waals surface area contributed by atoms with Gasteiger partial charge in [0, 0.05) is 11.6 Å². The monoisotopic (exact) mass is 225 g/mol. The van der Waals surface area contributed by atoms with Crippen LogP contribution in [0.1, 0.15) is 37.7 Å². The van der Waals surface area contributed by atoms with Gasteiger partial charge in [0.1, 0.15) is 0 Å². The Balaban J connectivity index is 2.65. The molecule has 0 fully saturated rings. The zero-order chi connectivity index (χ0) is 11.1. The molecule has 0 saturated heterocycles. The molecule has 0 radical (unpaired) electrons. The van der Waals surface area contributed by atoms with E-state index in [0.717, 1.165) is 11.6 Å². The van der Waals surface area contributed by atoms with Crippen molar-refractivity contribution in [3.05, 3.63) is 34.9 Å². The molecule has 0 aliphatic carbocycles. The van der Waals surface area contributed by atoms with E-state index in [-0.39, 0.29) is 0 Å². The highest BCUT2D eigenvalue weighted by atomic mass is 35.5. The lowest BCUT2D eigenvalue weighted by atomic mass is 9.93. The summed E-state index contributed by atoms with van der Waals surface area (Å²) < 4.78 is 0. The molecular weight excluding hydrogens is 206 g/mol. The lowest BCUT2D eigenvalue weighted by Crippen LogP contribution is -2.17. The number of hydrogen-bond donors (Lipinski definition) is 1. The van der Waals surface area contributed by atoms with Gasteiger partial charge in [0.25, 0.3) is 0 Å². The smallest absolute Gasteiger partial charge is 0.0406 e. The predicted octanol–water partition coefficient (Wildman–Crippen LogP) is 3.83. The van der Waals surface area contributed by atoms with Crippen molar-refractivity contribution in [2.75, 3.05) is 13.6 Å². The zero-order valence-corrected chi connectivity index (χ0v) is 10.3. The van der Waals surface area contributed by atoms with Crippen LogP contribution in [0.25, 0.3) is 0 Å². The van der Waals surface area contributed by atoms with Gasteiger partial charge in [-0.25, -0.2) is 0 Å². The van der Waals surface area contributed by atoms with E-state index in [9.17, 15) is 0 Å². The van der Waals surface area contributed by atoms with Crippen LogP contribution in [0.15, 0.2) is 24.3 Å². The number of unbranched alkanes of at least 4 members (excludes halogenated alkanes) is 1. The molecule has 1 aromatic rings. The van der Waals surface area contributed by atoms with Crippen LogP contribution >= 0.6 is 11.6 Å². The Morgan fingerprint density at radius 1 is 1.27 bits per heavy atom. The molecule has 15 heavy (non-hydrogen) atoms. The Morgan fingerprint density at radius 3 is 2.47 bits per heavy atom. The molecule has 1 unspecified atom stereocenters. The minimum absolute atomic E-state index is 0.618. The van der Waals surface area contributed by atoms with E-state index >= 15 is 0 Å². The number of likely N-dealkylation sites (N-methyl/N-ethyl adjacent to an activating group) is 1. The molecule has 1 atom stereocenters. The van der Waals surface area contributed by atoms with Gasteiger partial charge < -0.3 is 5.32 Å². The fourth-order valence-corrected chi connectivity index (χ4v) is 1.94. The number of hydrogen-bond acceptors (Lipinski definition) is 1. The molecule has 0 aliphatic rings. The summed E-state index contributed by atoms with van der Waals surface area (Å²) in [6.07, 6.45) is 3.79. The summed E-state index contributed by atoms with van der Waals surface area (Å²) in [6, 6.07) is 8.23. The number of nitrogens with one attached hydrogen (secondary N) is 1. The van der Waals surface area contributed by atoms with Crippen molar-refractivity contribution >= 4 is 11.6 Å². The van der Waals surface area contributed by atoms with Gasteiger partial charge in [0.2, 0.25) is 0 Å².